The summed E-state index contributed by atoms with van der Waals surface area (Å²) in [4.78, 5) is 12.7. The fraction of sp³-hybridized carbons (Fsp3) is 0.588. The van der Waals surface area contributed by atoms with Crippen LogP contribution in [-0.2, 0) is 18.3 Å². The monoisotopic (exact) mass is 505 g/mol. The van der Waals surface area contributed by atoms with E-state index < -0.39 is 0 Å². The van der Waals surface area contributed by atoms with Gasteiger partial charge in [-0.15, -0.1) is 35.3 Å². The van der Waals surface area contributed by atoms with Crippen molar-refractivity contribution in [3.05, 3.63) is 34.5 Å². The van der Waals surface area contributed by atoms with Gasteiger partial charge in [0.2, 0.25) is 0 Å². The highest BCUT2D eigenvalue weighted by Gasteiger charge is 2.23. The van der Waals surface area contributed by atoms with Gasteiger partial charge in [-0.25, -0.2) is 9.98 Å². The minimum absolute atomic E-state index is 0. The van der Waals surface area contributed by atoms with Crippen LogP contribution in [0.3, 0.4) is 0 Å². The number of thiophene rings is 1. The molecule has 1 fully saturated rings. The summed E-state index contributed by atoms with van der Waals surface area (Å²) in [6, 6.07) is 4.63. The zero-order valence-electron chi connectivity index (χ0n) is 15.8. The Morgan fingerprint density at radius 3 is 2.81 bits per heavy atom. The Labute approximate surface area is 181 Å². The summed E-state index contributed by atoms with van der Waals surface area (Å²) in [6.07, 6.45) is 1.55. The highest BCUT2D eigenvalue weighted by Crippen LogP contribution is 2.25. The molecule has 0 spiro atoms. The Morgan fingerprint density at radius 1 is 1.37 bits per heavy atom. The second-order valence-corrected chi connectivity index (χ2v) is 7.03. The van der Waals surface area contributed by atoms with Gasteiger partial charge < -0.3 is 15.4 Å². The smallest absolute Gasteiger partial charge is 0.191 e. The van der Waals surface area contributed by atoms with Crippen molar-refractivity contribution < 1.29 is 4.74 Å². The maximum atomic E-state index is 5.51. The molecule has 1 saturated heterocycles. The summed E-state index contributed by atoms with van der Waals surface area (Å²) in [6.45, 7) is 7.67. The maximum absolute atomic E-state index is 5.51. The number of rotatable bonds is 7. The molecule has 1 aliphatic heterocycles. The van der Waals surface area contributed by atoms with Crippen LogP contribution >= 0.6 is 35.3 Å². The fourth-order valence-electron chi connectivity index (χ4n) is 2.93. The molecule has 2 aromatic heterocycles. The average Bonchev–Trinajstić information content (AvgIpc) is 3.33. The summed E-state index contributed by atoms with van der Waals surface area (Å²) in [5.74, 6) is 1.63. The molecule has 1 unspecified atom stereocenters. The van der Waals surface area contributed by atoms with Gasteiger partial charge in [-0.1, -0.05) is 6.07 Å². The minimum Gasteiger partial charge on any atom is -0.379 e. The van der Waals surface area contributed by atoms with Crippen molar-refractivity contribution in [3.63, 3.8) is 0 Å². The first-order valence-corrected chi connectivity index (χ1v) is 9.86. The quantitative estimate of drug-likeness (QED) is 0.339. The second-order valence-electron chi connectivity index (χ2n) is 6.06. The molecular weight excluding hydrogens is 477 g/mol. The SMILES string of the molecule is CCNC(=NCc1ncnn1C)NCC(c1cccs1)N1CCOCC1.I. The normalized spacial score (nSPS) is 16.6. The standard InChI is InChI=1S/C17H27N7OS.HI/c1-3-18-17(20-12-16-21-13-22-23(16)2)19-11-14(15-5-4-10-26-15)24-6-8-25-9-7-24;/h4-5,10,13-14H,3,6-9,11-12H2,1-2H3,(H2,18,19,20);1H. The van der Waals surface area contributed by atoms with E-state index in [1.165, 1.54) is 4.88 Å². The summed E-state index contributed by atoms with van der Waals surface area (Å²) >= 11 is 1.80. The van der Waals surface area contributed by atoms with Gasteiger partial charge in [0.25, 0.3) is 0 Å². The Hall–Kier alpha value is -1.24. The maximum Gasteiger partial charge on any atom is 0.191 e. The third-order valence-electron chi connectivity index (χ3n) is 4.35. The molecule has 10 heteroatoms. The van der Waals surface area contributed by atoms with Crippen LogP contribution in [-0.4, -0.2) is 65.0 Å². The van der Waals surface area contributed by atoms with Crippen LogP contribution in [0.1, 0.15) is 23.7 Å². The van der Waals surface area contributed by atoms with Crippen molar-refractivity contribution in [1.29, 1.82) is 0 Å². The number of aliphatic imine (C=N–C) groups is 1. The lowest BCUT2D eigenvalue weighted by Gasteiger charge is -2.34. The Morgan fingerprint density at radius 2 is 2.19 bits per heavy atom. The number of halogens is 1. The predicted octanol–water partition coefficient (Wildman–Crippen LogP) is 1.62. The van der Waals surface area contributed by atoms with Crippen molar-refractivity contribution in [2.45, 2.75) is 19.5 Å². The Bertz CT molecular complexity index is 685. The van der Waals surface area contributed by atoms with E-state index >= 15 is 0 Å². The van der Waals surface area contributed by atoms with E-state index in [9.17, 15) is 0 Å². The van der Waals surface area contributed by atoms with Gasteiger partial charge >= 0.3 is 0 Å². The van der Waals surface area contributed by atoms with E-state index in [1.54, 1.807) is 22.3 Å². The van der Waals surface area contributed by atoms with Crippen LogP contribution < -0.4 is 10.6 Å². The van der Waals surface area contributed by atoms with Crippen molar-refractivity contribution in [2.24, 2.45) is 12.0 Å². The number of aromatic nitrogens is 3. The molecule has 1 aliphatic rings. The van der Waals surface area contributed by atoms with Gasteiger partial charge in [0.15, 0.2) is 5.96 Å². The number of nitrogens with one attached hydrogen (secondary N) is 2. The Kier molecular flexibility index (Phi) is 9.45. The molecule has 0 bridgehead atoms. The number of nitrogens with zero attached hydrogens (tertiary/aromatic N) is 5. The zero-order valence-corrected chi connectivity index (χ0v) is 18.9. The number of aryl methyl sites for hydroxylation is 1. The average molecular weight is 505 g/mol. The predicted molar refractivity (Wildman–Crippen MR) is 119 cm³/mol. The number of guanidine groups is 1. The van der Waals surface area contributed by atoms with E-state index in [-0.39, 0.29) is 24.0 Å². The van der Waals surface area contributed by atoms with Crippen molar-refractivity contribution in [3.8, 4) is 0 Å². The van der Waals surface area contributed by atoms with E-state index in [4.69, 9.17) is 4.74 Å². The van der Waals surface area contributed by atoms with Crippen LogP contribution in [0.25, 0.3) is 0 Å². The molecule has 3 rings (SSSR count). The van der Waals surface area contributed by atoms with Crippen LogP contribution in [0.15, 0.2) is 28.8 Å². The highest BCUT2D eigenvalue weighted by atomic mass is 127. The molecule has 2 aromatic rings. The van der Waals surface area contributed by atoms with E-state index in [0.717, 1.165) is 51.2 Å². The third kappa shape index (κ3) is 6.40. The molecule has 150 valence electrons. The van der Waals surface area contributed by atoms with Gasteiger partial charge in [-0.3, -0.25) is 9.58 Å². The molecule has 8 nitrogen and oxygen atoms in total. The molecule has 0 amide bonds. The first-order valence-electron chi connectivity index (χ1n) is 8.98. The molecule has 0 aromatic carbocycles. The zero-order chi connectivity index (χ0) is 18.2. The number of hydrogen-bond donors (Lipinski definition) is 2. The summed E-state index contributed by atoms with van der Waals surface area (Å²) in [7, 11) is 1.88. The lowest BCUT2D eigenvalue weighted by Crippen LogP contribution is -2.46. The van der Waals surface area contributed by atoms with Gasteiger partial charge in [0.05, 0.1) is 19.3 Å². The molecule has 0 saturated carbocycles. The minimum atomic E-state index is 0. The lowest BCUT2D eigenvalue weighted by atomic mass is 10.2. The molecule has 0 aliphatic carbocycles. The van der Waals surface area contributed by atoms with Crippen LogP contribution in [0.2, 0.25) is 0 Å². The van der Waals surface area contributed by atoms with Crippen LogP contribution in [0, 0.1) is 0 Å². The summed E-state index contributed by atoms with van der Waals surface area (Å²) in [5.41, 5.74) is 0. The molecular formula is C17H28IN7OS. The second kappa shape index (κ2) is 11.6. The van der Waals surface area contributed by atoms with E-state index in [0.29, 0.717) is 12.6 Å². The van der Waals surface area contributed by atoms with Gasteiger partial charge in [-0.2, -0.15) is 5.10 Å². The van der Waals surface area contributed by atoms with Crippen LogP contribution in [0.5, 0.6) is 0 Å². The first kappa shape index (κ1) is 22.1. The third-order valence-corrected chi connectivity index (χ3v) is 5.32. The van der Waals surface area contributed by atoms with Crippen molar-refractivity contribution >= 4 is 41.3 Å². The molecule has 2 N–H and O–H groups in total. The highest BCUT2D eigenvalue weighted by molar-refractivity contribution is 14.0. The lowest BCUT2D eigenvalue weighted by molar-refractivity contribution is 0.0177. The van der Waals surface area contributed by atoms with Crippen molar-refractivity contribution in [2.75, 3.05) is 39.4 Å². The summed E-state index contributed by atoms with van der Waals surface area (Å²) in [5, 5.41) is 13.0. The molecule has 27 heavy (non-hydrogen) atoms. The fourth-order valence-corrected chi connectivity index (χ4v) is 3.79. The van der Waals surface area contributed by atoms with Crippen LogP contribution in [0.4, 0.5) is 0 Å². The number of ether oxygens (including phenoxy) is 1. The number of hydrogen-bond acceptors (Lipinski definition) is 6. The van der Waals surface area contributed by atoms with E-state index in [2.05, 4.69) is 55.0 Å². The first-order chi connectivity index (χ1) is 12.8. The topological polar surface area (TPSA) is 79.6 Å². The Balaban J connectivity index is 0.00000261. The molecule has 0 radical (unpaired) electrons. The van der Waals surface area contributed by atoms with Crippen molar-refractivity contribution in [1.82, 2.24) is 30.3 Å². The molecule has 1 atom stereocenters. The van der Waals surface area contributed by atoms with Gasteiger partial charge in [0.1, 0.15) is 18.7 Å². The molecule has 3 heterocycles. The van der Waals surface area contributed by atoms with E-state index in [1.807, 2.05) is 7.05 Å². The van der Waals surface area contributed by atoms with Gasteiger partial charge in [-0.05, 0) is 18.4 Å². The largest absolute Gasteiger partial charge is 0.379 e. The van der Waals surface area contributed by atoms with Gasteiger partial charge in [0, 0.05) is 38.1 Å². The number of morpholine rings is 1. The summed E-state index contributed by atoms with van der Waals surface area (Å²) < 4.78 is 7.26.